The van der Waals surface area contributed by atoms with Crippen molar-refractivity contribution in [1.29, 1.82) is 0 Å². The number of aromatic nitrogens is 2. The van der Waals surface area contributed by atoms with Gasteiger partial charge in [0.15, 0.2) is 0 Å². The monoisotopic (exact) mass is 491 g/mol. The van der Waals surface area contributed by atoms with Crippen molar-refractivity contribution in [3.05, 3.63) is 113 Å². The second-order valence-corrected chi connectivity index (χ2v) is 7.85. The van der Waals surface area contributed by atoms with Crippen molar-refractivity contribution in [3.63, 3.8) is 0 Å². The quantitative estimate of drug-likeness (QED) is 0.325. The fraction of sp³-hybridized carbons (Fsp3) is 0.148. The van der Waals surface area contributed by atoms with Crippen LogP contribution in [0.1, 0.15) is 38.8 Å². The van der Waals surface area contributed by atoms with E-state index in [-0.39, 0.29) is 37.0 Å². The molecule has 0 spiro atoms. The van der Waals surface area contributed by atoms with Crippen molar-refractivity contribution < 1.29 is 27.8 Å². The summed E-state index contributed by atoms with van der Waals surface area (Å²) in [4.78, 5) is 24.9. The first-order chi connectivity index (χ1) is 17.4. The Morgan fingerprint density at radius 1 is 0.944 bits per heavy atom. The highest BCUT2D eigenvalue weighted by Gasteiger charge is 2.19. The van der Waals surface area contributed by atoms with Gasteiger partial charge in [-0.3, -0.25) is 9.48 Å². The molecule has 0 aliphatic carbocycles. The third kappa shape index (κ3) is 6.32. The van der Waals surface area contributed by atoms with Crippen molar-refractivity contribution in [1.82, 2.24) is 9.78 Å². The van der Waals surface area contributed by atoms with Crippen LogP contribution in [0.3, 0.4) is 0 Å². The van der Waals surface area contributed by atoms with Crippen LogP contribution in [0.15, 0.2) is 79.0 Å². The van der Waals surface area contributed by atoms with Gasteiger partial charge < -0.3 is 14.8 Å². The Kier molecular flexibility index (Phi) is 7.69. The van der Waals surface area contributed by atoms with Crippen LogP contribution in [0.5, 0.6) is 5.88 Å². The molecular formula is C27H23F2N3O4. The van der Waals surface area contributed by atoms with Crippen molar-refractivity contribution in [2.75, 3.05) is 11.9 Å². The number of amides is 1. The van der Waals surface area contributed by atoms with Crippen LogP contribution in [0.25, 0.3) is 0 Å². The largest absolute Gasteiger partial charge is 0.471 e. The van der Waals surface area contributed by atoms with Gasteiger partial charge in [0.2, 0.25) is 5.88 Å². The van der Waals surface area contributed by atoms with Crippen LogP contribution in [0, 0.1) is 11.6 Å². The Bertz CT molecular complexity index is 1370. The highest BCUT2D eigenvalue weighted by atomic mass is 19.1. The van der Waals surface area contributed by atoms with Gasteiger partial charge in [0.25, 0.3) is 5.91 Å². The summed E-state index contributed by atoms with van der Waals surface area (Å²) in [6, 6.07) is 18.2. The predicted molar refractivity (Wildman–Crippen MR) is 129 cm³/mol. The molecule has 0 aliphatic rings. The van der Waals surface area contributed by atoms with Crippen molar-refractivity contribution in [2.45, 2.75) is 20.1 Å². The molecule has 0 fully saturated rings. The number of carbonyl (C=O) groups is 2. The molecule has 0 aliphatic heterocycles. The number of anilines is 1. The van der Waals surface area contributed by atoms with E-state index in [9.17, 15) is 18.4 Å². The first-order valence-corrected chi connectivity index (χ1v) is 11.2. The number of halogens is 2. The first-order valence-electron chi connectivity index (χ1n) is 11.2. The molecule has 7 nitrogen and oxygen atoms in total. The average molecular weight is 491 g/mol. The van der Waals surface area contributed by atoms with E-state index in [2.05, 4.69) is 10.4 Å². The molecule has 0 saturated carbocycles. The lowest BCUT2D eigenvalue weighted by atomic mass is 10.2. The van der Waals surface area contributed by atoms with Gasteiger partial charge in [-0.15, -0.1) is 5.10 Å². The number of carbonyl (C=O) groups excluding carboxylic acids is 2. The summed E-state index contributed by atoms with van der Waals surface area (Å²) in [5, 5.41) is 7.10. The highest BCUT2D eigenvalue weighted by molar-refractivity contribution is 6.06. The molecule has 0 atom stereocenters. The number of benzene rings is 3. The van der Waals surface area contributed by atoms with Crippen molar-refractivity contribution in [2.24, 2.45) is 0 Å². The van der Waals surface area contributed by atoms with Gasteiger partial charge in [-0.25, -0.2) is 13.6 Å². The molecule has 0 radical (unpaired) electrons. The smallest absolute Gasteiger partial charge is 0.338 e. The Morgan fingerprint density at radius 2 is 1.61 bits per heavy atom. The third-order valence-corrected chi connectivity index (χ3v) is 5.12. The summed E-state index contributed by atoms with van der Waals surface area (Å²) >= 11 is 0. The summed E-state index contributed by atoms with van der Waals surface area (Å²) in [6.45, 7) is 2.17. The normalized spacial score (nSPS) is 10.6. The number of hydrogen-bond acceptors (Lipinski definition) is 5. The van der Waals surface area contributed by atoms with E-state index in [0.717, 1.165) is 0 Å². The van der Waals surface area contributed by atoms with E-state index in [4.69, 9.17) is 9.47 Å². The molecule has 0 bridgehead atoms. The summed E-state index contributed by atoms with van der Waals surface area (Å²) in [5.74, 6) is -1.71. The van der Waals surface area contributed by atoms with Gasteiger partial charge in [0.05, 0.1) is 18.7 Å². The number of nitrogens with zero attached hydrogens (tertiary/aromatic N) is 2. The lowest BCUT2D eigenvalue weighted by Crippen LogP contribution is -2.13. The molecule has 184 valence electrons. The summed E-state index contributed by atoms with van der Waals surface area (Å²) in [7, 11) is 0. The average Bonchev–Trinajstić information content (AvgIpc) is 3.26. The molecule has 1 N–H and O–H groups in total. The molecule has 3 aromatic carbocycles. The predicted octanol–water partition coefficient (Wildman–Crippen LogP) is 5.22. The van der Waals surface area contributed by atoms with Crippen LogP contribution in [-0.4, -0.2) is 28.3 Å². The Labute approximate surface area is 206 Å². The maximum Gasteiger partial charge on any atom is 0.338 e. The molecule has 9 heteroatoms. The van der Waals surface area contributed by atoms with E-state index in [1.165, 1.54) is 35.1 Å². The zero-order valence-corrected chi connectivity index (χ0v) is 19.4. The van der Waals surface area contributed by atoms with Crippen molar-refractivity contribution >= 4 is 17.6 Å². The molecule has 1 heterocycles. The molecule has 1 amide bonds. The van der Waals surface area contributed by atoms with Crippen LogP contribution in [0.2, 0.25) is 0 Å². The zero-order valence-electron chi connectivity index (χ0n) is 19.4. The molecule has 36 heavy (non-hydrogen) atoms. The number of rotatable bonds is 9. The number of nitrogens with one attached hydrogen (secondary N) is 1. The Balaban J connectivity index is 1.55. The summed E-state index contributed by atoms with van der Waals surface area (Å²) in [5.41, 5.74) is 2.16. The van der Waals surface area contributed by atoms with Gasteiger partial charge in [-0.1, -0.05) is 24.3 Å². The second kappa shape index (κ2) is 11.3. The van der Waals surface area contributed by atoms with Gasteiger partial charge in [0.1, 0.15) is 23.8 Å². The van der Waals surface area contributed by atoms with E-state index >= 15 is 0 Å². The van der Waals surface area contributed by atoms with Crippen LogP contribution in [0.4, 0.5) is 14.5 Å². The SMILES string of the molecule is CCOC(=O)c1ccc(NC(=O)c2cn(Cc3cccc(F)c3)nc2OCc2cccc(F)c2)cc1. The maximum atomic E-state index is 13.6. The van der Waals surface area contributed by atoms with Gasteiger partial charge >= 0.3 is 5.97 Å². The molecular weight excluding hydrogens is 468 g/mol. The minimum absolute atomic E-state index is 0.0107. The van der Waals surface area contributed by atoms with E-state index in [0.29, 0.717) is 22.4 Å². The van der Waals surface area contributed by atoms with Gasteiger partial charge in [0, 0.05) is 11.9 Å². The minimum atomic E-state index is -0.501. The van der Waals surface area contributed by atoms with Crippen LogP contribution in [-0.2, 0) is 17.9 Å². The maximum absolute atomic E-state index is 13.6. The second-order valence-electron chi connectivity index (χ2n) is 7.85. The van der Waals surface area contributed by atoms with E-state index < -0.39 is 17.7 Å². The van der Waals surface area contributed by atoms with Gasteiger partial charge in [-0.2, -0.15) is 0 Å². The number of esters is 1. The molecule has 0 saturated heterocycles. The summed E-state index contributed by atoms with van der Waals surface area (Å²) in [6.07, 6.45) is 1.49. The third-order valence-electron chi connectivity index (χ3n) is 5.12. The topological polar surface area (TPSA) is 82.5 Å². The van der Waals surface area contributed by atoms with Gasteiger partial charge in [-0.05, 0) is 66.6 Å². The minimum Gasteiger partial charge on any atom is -0.471 e. The lowest BCUT2D eigenvalue weighted by Gasteiger charge is -2.08. The molecule has 0 unspecified atom stereocenters. The fourth-order valence-corrected chi connectivity index (χ4v) is 3.45. The molecule has 4 aromatic rings. The first kappa shape index (κ1) is 24.6. The highest BCUT2D eigenvalue weighted by Crippen LogP contribution is 2.21. The number of hydrogen-bond donors (Lipinski definition) is 1. The fourth-order valence-electron chi connectivity index (χ4n) is 3.45. The Morgan fingerprint density at radius 3 is 2.28 bits per heavy atom. The number of ether oxygens (including phenoxy) is 2. The summed E-state index contributed by atoms with van der Waals surface area (Å²) < 4.78 is 39.3. The Hall–Kier alpha value is -4.53. The standard InChI is InChI=1S/C27H23F2N3O4/c1-2-35-27(34)20-9-11-23(12-10-20)30-25(33)24-16-32(15-18-5-3-7-21(28)13-18)31-26(24)36-17-19-6-4-8-22(29)14-19/h3-14,16H,2,15,17H2,1H3,(H,30,33). The zero-order chi connectivity index (χ0) is 25.5. The van der Waals surface area contributed by atoms with Crippen LogP contribution < -0.4 is 10.1 Å². The van der Waals surface area contributed by atoms with E-state index in [1.54, 1.807) is 55.5 Å². The molecule has 4 rings (SSSR count). The lowest BCUT2D eigenvalue weighted by molar-refractivity contribution is 0.0526. The van der Waals surface area contributed by atoms with E-state index in [1.807, 2.05) is 0 Å². The van der Waals surface area contributed by atoms with Crippen LogP contribution >= 0.6 is 0 Å². The molecule has 1 aromatic heterocycles. The van der Waals surface area contributed by atoms with Crippen molar-refractivity contribution in [3.8, 4) is 5.88 Å².